The van der Waals surface area contributed by atoms with Crippen LogP contribution in [0.5, 0.6) is 0 Å². The molecule has 0 bridgehead atoms. The highest BCUT2D eigenvalue weighted by Gasteiger charge is 2.93. The molecule has 0 spiro atoms. The molecule has 0 aromatic rings. The lowest BCUT2D eigenvalue weighted by Gasteiger charge is -2.42. The average Bonchev–Trinajstić information content (AvgIpc) is 2.55. The molecule has 0 aliphatic heterocycles. The van der Waals surface area contributed by atoms with Gasteiger partial charge in [0.2, 0.25) is 0 Å². The van der Waals surface area contributed by atoms with Crippen LogP contribution in [0.25, 0.3) is 0 Å². The van der Waals surface area contributed by atoms with Crippen molar-refractivity contribution in [3.63, 3.8) is 0 Å². The summed E-state index contributed by atoms with van der Waals surface area (Å²) in [5, 5.41) is 11.1. The molecule has 0 unspecified atom stereocenters. The predicted octanol–water partition coefficient (Wildman–Crippen LogP) is 4.64. The van der Waals surface area contributed by atoms with E-state index < -0.39 is 54.2 Å². The molecule has 0 radical (unpaired) electrons. The molecule has 0 fully saturated rings. The van der Waals surface area contributed by atoms with E-state index >= 15 is 0 Å². The van der Waals surface area contributed by atoms with Gasteiger partial charge in [-0.25, -0.2) is 0 Å². The predicted molar refractivity (Wildman–Crippen MR) is 82.8 cm³/mol. The molecule has 0 aliphatic carbocycles. The first-order valence-electron chi connectivity index (χ1n) is 7.99. The fraction of sp³-hybridized carbons (Fsp3) is 0.929. The fourth-order valence-electron chi connectivity index (χ4n) is 1.93. The number of rotatable bonds is 10. The van der Waals surface area contributed by atoms with Gasteiger partial charge in [-0.15, -0.1) is 12.4 Å². The van der Waals surface area contributed by atoms with E-state index in [9.17, 15) is 71.0 Å². The van der Waals surface area contributed by atoms with Gasteiger partial charge >= 0.3 is 41.7 Å². The van der Waals surface area contributed by atoms with Crippen LogP contribution in [0.3, 0.4) is 0 Å². The molecular weight excluding hydrogens is 533 g/mol. The summed E-state index contributed by atoms with van der Waals surface area (Å²) in [6.45, 7) is -1.02. The Morgan fingerprint density at radius 3 is 1.30 bits per heavy atom. The Morgan fingerprint density at radius 1 is 0.636 bits per heavy atom. The Balaban J connectivity index is 0. The van der Waals surface area contributed by atoms with Gasteiger partial charge in [0.15, 0.2) is 0 Å². The minimum absolute atomic E-state index is 0. The van der Waals surface area contributed by atoms with Gasteiger partial charge in [-0.1, -0.05) is 0 Å². The van der Waals surface area contributed by atoms with Crippen LogP contribution >= 0.6 is 12.4 Å². The third-order valence-electron chi connectivity index (χ3n) is 3.84. The summed E-state index contributed by atoms with van der Waals surface area (Å²) >= 11 is 0. The number of nitrogens with zero attached hydrogens (tertiary/aromatic N) is 2. The van der Waals surface area contributed by atoms with Gasteiger partial charge < -0.3 is 9.59 Å². The number of hydrogen-bond donors (Lipinski definition) is 0. The van der Waals surface area contributed by atoms with Gasteiger partial charge in [0, 0.05) is 18.9 Å². The minimum Gasteiger partial charge on any atom is -0.858 e. The maximum Gasteiger partial charge on any atom is 0.460 e. The van der Waals surface area contributed by atoms with Gasteiger partial charge in [0.1, 0.15) is 0 Å². The van der Waals surface area contributed by atoms with Crippen LogP contribution in [-0.4, -0.2) is 86.3 Å². The lowest BCUT2D eigenvalue weighted by atomic mass is 9.91. The average molecular weight is 549 g/mol. The van der Waals surface area contributed by atoms with Crippen molar-refractivity contribution in [3.8, 4) is 0 Å². The molecular formula is C14H16ClF15N2O. The van der Waals surface area contributed by atoms with Crippen molar-refractivity contribution in [2.45, 2.75) is 48.1 Å². The highest BCUT2D eigenvalue weighted by Crippen LogP contribution is 2.62. The number of alkyl halides is 15. The molecule has 0 aromatic carbocycles. The normalized spacial score (nSPS) is 16.0. The number of aliphatic imine (C=N–C) groups is 1. The standard InChI is InChI=1S/C14H15F15N2O.ClH/c1-31(2,3)6-4-5-30-7(32)8(15,16)9(17,18)10(19,20)11(21,22)12(23,24)13(25,26)14(27,28)29;/h4-6H2,1-3H3;1H. The molecule has 0 rings (SSSR count). The van der Waals surface area contributed by atoms with Gasteiger partial charge in [-0.3, -0.25) is 4.99 Å². The van der Waals surface area contributed by atoms with E-state index in [-0.39, 0.29) is 29.9 Å². The zero-order valence-corrected chi connectivity index (χ0v) is 17.3. The molecule has 0 N–H and O–H groups in total. The quantitative estimate of drug-likeness (QED) is 0.129. The highest BCUT2D eigenvalue weighted by atomic mass is 35.5. The van der Waals surface area contributed by atoms with Crippen LogP contribution in [0.15, 0.2) is 4.99 Å². The molecule has 0 saturated carbocycles. The topological polar surface area (TPSA) is 35.4 Å². The number of halogens is 16. The van der Waals surface area contributed by atoms with E-state index in [1.165, 1.54) is 21.1 Å². The monoisotopic (exact) mass is 548 g/mol. The van der Waals surface area contributed by atoms with E-state index in [4.69, 9.17) is 0 Å². The van der Waals surface area contributed by atoms with Crippen molar-refractivity contribution in [3.05, 3.63) is 0 Å². The minimum atomic E-state index is -8.42. The van der Waals surface area contributed by atoms with Crippen molar-refractivity contribution >= 4 is 18.3 Å². The van der Waals surface area contributed by atoms with Crippen LogP contribution in [0, 0.1) is 0 Å². The Bertz CT molecular complexity index is 698. The fourth-order valence-corrected chi connectivity index (χ4v) is 1.93. The van der Waals surface area contributed by atoms with Crippen LogP contribution < -0.4 is 5.11 Å². The van der Waals surface area contributed by atoms with E-state index in [0.29, 0.717) is 0 Å². The van der Waals surface area contributed by atoms with Gasteiger partial charge in [-0.05, 0) is 0 Å². The lowest BCUT2D eigenvalue weighted by molar-refractivity contribution is -0.870. The second-order valence-electron chi connectivity index (χ2n) is 7.50. The molecule has 0 heterocycles. The molecule has 0 amide bonds. The van der Waals surface area contributed by atoms with Crippen LogP contribution in [0.4, 0.5) is 65.9 Å². The lowest BCUT2D eigenvalue weighted by Crippen LogP contribution is -2.74. The molecule has 19 heteroatoms. The zero-order valence-electron chi connectivity index (χ0n) is 16.5. The van der Waals surface area contributed by atoms with Gasteiger partial charge in [0.25, 0.3) is 0 Å². The van der Waals surface area contributed by atoms with Crippen LogP contribution in [-0.2, 0) is 0 Å². The molecule has 0 aromatic heterocycles. The summed E-state index contributed by atoms with van der Waals surface area (Å²) in [6.07, 6.45) is -8.00. The Hall–Kier alpha value is -1.33. The Kier molecular flexibility index (Phi) is 9.61. The first kappa shape index (κ1) is 33.8. The number of quaternary nitrogens is 1. The van der Waals surface area contributed by atoms with Gasteiger partial charge in [-0.2, -0.15) is 65.9 Å². The summed E-state index contributed by atoms with van der Waals surface area (Å²) in [5.74, 6) is -51.5. The molecule has 0 saturated heterocycles. The summed E-state index contributed by atoms with van der Waals surface area (Å²) in [6, 6.07) is 0. The SMILES string of the molecule is C[N+](C)(C)CCCN=C([O-])C(F)(F)C(F)(F)C(F)(F)C(F)(F)C(F)(F)C(F)(F)C(F)(F)F.Cl. The first-order valence-corrected chi connectivity index (χ1v) is 7.99. The second-order valence-corrected chi connectivity index (χ2v) is 7.50. The molecule has 0 atom stereocenters. The summed E-state index contributed by atoms with van der Waals surface area (Å²) in [4.78, 5) is 2.24. The maximum absolute atomic E-state index is 13.5. The van der Waals surface area contributed by atoms with Crippen molar-refractivity contribution in [1.82, 2.24) is 0 Å². The van der Waals surface area contributed by atoms with Crippen LogP contribution in [0.1, 0.15) is 6.42 Å². The molecule has 3 nitrogen and oxygen atoms in total. The second kappa shape index (κ2) is 9.37. The Labute approximate surface area is 182 Å². The first-order chi connectivity index (χ1) is 13.6. The highest BCUT2D eigenvalue weighted by molar-refractivity contribution is 5.85. The van der Waals surface area contributed by atoms with Crippen molar-refractivity contribution in [2.75, 3.05) is 34.2 Å². The van der Waals surface area contributed by atoms with Crippen molar-refractivity contribution < 1.29 is 75.4 Å². The maximum atomic E-state index is 13.5. The van der Waals surface area contributed by atoms with E-state index in [1.807, 2.05) is 0 Å². The van der Waals surface area contributed by atoms with Crippen LogP contribution in [0.2, 0.25) is 0 Å². The molecule has 200 valence electrons. The smallest absolute Gasteiger partial charge is 0.460 e. The van der Waals surface area contributed by atoms with Crippen molar-refractivity contribution in [2.24, 2.45) is 4.99 Å². The molecule has 33 heavy (non-hydrogen) atoms. The third kappa shape index (κ3) is 5.67. The van der Waals surface area contributed by atoms with E-state index in [2.05, 4.69) is 4.99 Å². The Morgan fingerprint density at radius 2 is 0.970 bits per heavy atom. The number of hydrogen-bond acceptors (Lipinski definition) is 2. The zero-order chi connectivity index (χ0) is 26.4. The largest absolute Gasteiger partial charge is 0.858 e. The molecule has 0 aliphatic rings. The third-order valence-corrected chi connectivity index (χ3v) is 3.84. The summed E-state index contributed by atoms with van der Waals surface area (Å²) < 4.78 is 195. The van der Waals surface area contributed by atoms with Gasteiger partial charge in [0.05, 0.1) is 27.7 Å². The summed E-state index contributed by atoms with van der Waals surface area (Å²) in [5.41, 5.74) is 0. The summed E-state index contributed by atoms with van der Waals surface area (Å²) in [7, 11) is 4.55. The van der Waals surface area contributed by atoms with E-state index in [1.54, 1.807) is 0 Å². The van der Waals surface area contributed by atoms with E-state index in [0.717, 1.165) is 0 Å². The van der Waals surface area contributed by atoms with Crippen molar-refractivity contribution in [1.29, 1.82) is 0 Å².